The first-order valence-electron chi connectivity index (χ1n) is 10.3. The van der Waals surface area contributed by atoms with Gasteiger partial charge in [-0.15, -0.1) is 0 Å². The Labute approximate surface area is 189 Å². The Morgan fingerprint density at radius 2 is 1.56 bits per heavy atom. The minimum absolute atomic E-state index is 0.0232. The molecule has 6 nitrogen and oxygen atoms in total. The third-order valence-electron chi connectivity index (χ3n) is 5.00. The molecule has 0 aliphatic heterocycles. The number of anilines is 1. The van der Waals surface area contributed by atoms with E-state index in [0.29, 0.717) is 12.2 Å². The predicted molar refractivity (Wildman–Crippen MR) is 126 cm³/mol. The van der Waals surface area contributed by atoms with E-state index in [4.69, 9.17) is 4.74 Å². The number of carbonyl (C=O) groups excluding carboxylic acids is 1. The molecule has 32 heavy (non-hydrogen) atoms. The van der Waals surface area contributed by atoms with E-state index in [1.54, 1.807) is 30.3 Å². The Bertz CT molecular complexity index is 1190. The molecule has 168 valence electrons. The zero-order chi connectivity index (χ0) is 23.3. The highest BCUT2D eigenvalue weighted by Gasteiger charge is 2.30. The second-order valence-corrected chi connectivity index (χ2v) is 9.60. The molecule has 0 atom stereocenters. The van der Waals surface area contributed by atoms with Gasteiger partial charge in [0.15, 0.2) is 0 Å². The minimum Gasteiger partial charge on any atom is -0.495 e. The Kier molecular flexibility index (Phi) is 7.20. The lowest BCUT2D eigenvalue weighted by Crippen LogP contribution is -2.41. The molecule has 0 aliphatic carbocycles. The lowest BCUT2D eigenvalue weighted by atomic mass is 10.1. The molecule has 0 aliphatic rings. The molecule has 0 aromatic heterocycles. The molecule has 0 radical (unpaired) electrons. The fourth-order valence-electron chi connectivity index (χ4n) is 3.50. The summed E-state index contributed by atoms with van der Waals surface area (Å²) in [7, 11) is -2.66. The Morgan fingerprint density at radius 3 is 2.19 bits per heavy atom. The van der Waals surface area contributed by atoms with E-state index in [2.05, 4.69) is 5.32 Å². The molecule has 0 bridgehead atoms. The number of carbonyl (C=O) groups is 1. The molecule has 0 heterocycles. The minimum atomic E-state index is -4.08. The van der Waals surface area contributed by atoms with Gasteiger partial charge in [0.1, 0.15) is 17.2 Å². The molecule has 1 N–H and O–H groups in total. The summed E-state index contributed by atoms with van der Waals surface area (Å²) in [5.74, 6) is -0.169. The van der Waals surface area contributed by atoms with Crippen LogP contribution in [0.3, 0.4) is 0 Å². The van der Waals surface area contributed by atoms with Crippen LogP contribution in [0.4, 0.5) is 5.69 Å². The highest BCUT2D eigenvalue weighted by molar-refractivity contribution is 7.93. The Balaban J connectivity index is 1.99. The van der Waals surface area contributed by atoms with Gasteiger partial charge in [-0.2, -0.15) is 0 Å². The van der Waals surface area contributed by atoms with Gasteiger partial charge in [0.25, 0.3) is 10.0 Å². The number of ether oxygens (including phenoxy) is 1. The zero-order valence-corrected chi connectivity index (χ0v) is 19.6. The van der Waals surface area contributed by atoms with Crippen LogP contribution in [0.15, 0.2) is 71.6 Å². The van der Waals surface area contributed by atoms with E-state index in [-0.39, 0.29) is 17.2 Å². The molecule has 3 aromatic carbocycles. The number of benzene rings is 3. The van der Waals surface area contributed by atoms with Crippen LogP contribution in [0, 0.1) is 20.8 Å². The largest absolute Gasteiger partial charge is 0.495 e. The first kappa shape index (κ1) is 23.3. The molecule has 3 aromatic rings. The van der Waals surface area contributed by atoms with Crippen LogP contribution < -0.4 is 14.4 Å². The lowest BCUT2D eigenvalue weighted by Gasteiger charge is -2.26. The average Bonchev–Trinajstić information content (AvgIpc) is 2.76. The van der Waals surface area contributed by atoms with Gasteiger partial charge in [0.05, 0.1) is 12.8 Å². The molecule has 0 saturated heterocycles. The maximum absolute atomic E-state index is 13.8. The molecule has 1 amide bonds. The maximum atomic E-state index is 13.8. The predicted octanol–water partition coefficient (Wildman–Crippen LogP) is 4.13. The van der Waals surface area contributed by atoms with Crippen LogP contribution in [0.2, 0.25) is 0 Å². The van der Waals surface area contributed by atoms with E-state index < -0.39 is 15.9 Å². The standard InChI is InChI=1S/C25H28N2O4S/c1-18-10-11-23(31-4)24(15-18)32(29,30)27(22-13-19(2)12-20(3)14-22)17-25(28)26-16-21-8-6-5-7-9-21/h5-15H,16-17H2,1-4H3,(H,26,28). The summed E-state index contributed by atoms with van der Waals surface area (Å²) in [6, 6.07) is 19.9. The van der Waals surface area contributed by atoms with E-state index in [1.165, 1.54) is 7.11 Å². The van der Waals surface area contributed by atoms with Gasteiger partial charge in [-0.25, -0.2) is 8.42 Å². The summed E-state index contributed by atoms with van der Waals surface area (Å²) in [4.78, 5) is 12.8. The molecule has 0 unspecified atom stereocenters. The third kappa shape index (κ3) is 5.48. The van der Waals surface area contributed by atoms with Crippen molar-refractivity contribution in [1.29, 1.82) is 0 Å². The molecule has 0 spiro atoms. The van der Waals surface area contributed by atoms with Crippen LogP contribution in [0.5, 0.6) is 5.75 Å². The first-order chi connectivity index (χ1) is 15.2. The van der Waals surface area contributed by atoms with E-state index in [1.807, 2.05) is 57.2 Å². The van der Waals surface area contributed by atoms with Gasteiger partial charge in [-0.3, -0.25) is 9.10 Å². The average molecular weight is 453 g/mol. The smallest absolute Gasteiger partial charge is 0.268 e. The van der Waals surface area contributed by atoms with Crippen LogP contribution in [-0.2, 0) is 21.4 Å². The topological polar surface area (TPSA) is 75.7 Å². The van der Waals surface area contributed by atoms with Gasteiger partial charge in [0, 0.05) is 6.54 Å². The fraction of sp³-hybridized carbons (Fsp3) is 0.240. The van der Waals surface area contributed by atoms with E-state index >= 15 is 0 Å². The van der Waals surface area contributed by atoms with Crippen LogP contribution in [0.25, 0.3) is 0 Å². The van der Waals surface area contributed by atoms with Gasteiger partial charge in [-0.05, 0) is 67.3 Å². The van der Waals surface area contributed by atoms with Crippen LogP contribution in [-0.4, -0.2) is 28.0 Å². The highest BCUT2D eigenvalue weighted by Crippen LogP contribution is 2.31. The number of nitrogens with one attached hydrogen (secondary N) is 1. The number of methoxy groups -OCH3 is 1. The summed E-state index contributed by atoms with van der Waals surface area (Å²) in [6.07, 6.45) is 0. The normalized spacial score (nSPS) is 11.1. The van der Waals surface area contributed by atoms with E-state index in [0.717, 1.165) is 26.6 Å². The monoisotopic (exact) mass is 452 g/mol. The quantitative estimate of drug-likeness (QED) is 0.558. The maximum Gasteiger partial charge on any atom is 0.268 e. The molecular weight excluding hydrogens is 424 g/mol. The summed E-state index contributed by atoms with van der Waals surface area (Å²) >= 11 is 0. The molecule has 0 saturated carbocycles. The van der Waals surface area contributed by atoms with Crippen molar-refractivity contribution in [2.75, 3.05) is 18.0 Å². The summed E-state index contributed by atoms with van der Waals surface area (Å²) in [5.41, 5.74) is 3.95. The second kappa shape index (κ2) is 9.87. The summed E-state index contributed by atoms with van der Waals surface area (Å²) in [6.45, 7) is 5.56. The number of hydrogen-bond donors (Lipinski definition) is 1. The number of amides is 1. The summed E-state index contributed by atoms with van der Waals surface area (Å²) < 4.78 is 34.0. The van der Waals surface area contributed by atoms with Crippen LogP contribution >= 0.6 is 0 Å². The number of nitrogens with zero attached hydrogens (tertiary/aromatic N) is 1. The van der Waals surface area contributed by atoms with Crippen molar-refractivity contribution < 1.29 is 17.9 Å². The van der Waals surface area contributed by atoms with Gasteiger partial charge in [0.2, 0.25) is 5.91 Å². The highest BCUT2D eigenvalue weighted by atomic mass is 32.2. The number of aryl methyl sites for hydroxylation is 3. The van der Waals surface area contributed by atoms with Crippen LogP contribution in [0.1, 0.15) is 22.3 Å². The zero-order valence-electron chi connectivity index (χ0n) is 18.8. The summed E-state index contributed by atoms with van der Waals surface area (Å²) in [5, 5.41) is 2.82. The van der Waals surface area contributed by atoms with Gasteiger partial charge < -0.3 is 10.1 Å². The van der Waals surface area contributed by atoms with E-state index in [9.17, 15) is 13.2 Å². The molecule has 7 heteroatoms. The van der Waals surface area contributed by atoms with Crippen molar-refractivity contribution in [3.05, 3.63) is 89.0 Å². The SMILES string of the molecule is COc1ccc(C)cc1S(=O)(=O)N(CC(=O)NCc1ccccc1)c1cc(C)cc(C)c1. The van der Waals surface area contributed by atoms with Gasteiger partial charge in [-0.1, -0.05) is 42.5 Å². The number of rotatable bonds is 8. The molecule has 0 fully saturated rings. The first-order valence-corrected chi connectivity index (χ1v) is 11.7. The Morgan fingerprint density at radius 1 is 0.906 bits per heavy atom. The van der Waals surface area contributed by atoms with Gasteiger partial charge >= 0.3 is 0 Å². The van der Waals surface area contributed by atoms with Crippen molar-refractivity contribution in [2.24, 2.45) is 0 Å². The fourth-order valence-corrected chi connectivity index (χ4v) is 5.14. The molecule has 3 rings (SSSR count). The molecular formula is C25H28N2O4S. The number of sulfonamides is 1. The Hall–Kier alpha value is -3.32. The van der Waals surface area contributed by atoms with Crippen molar-refractivity contribution >= 4 is 21.6 Å². The van der Waals surface area contributed by atoms with Crippen molar-refractivity contribution in [1.82, 2.24) is 5.32 Å². The van der Waals surface area contributed by atoms with Crippen molar-refractivity contribution in [2.45, 2.75) is 32.2 Å². The van der Waals surface area contributed by atoms with Crippen molar-refractivity contribution in [3.8, 4) is 5.75 Å². The number of hydrogen-bond acceptors (Lipinski definition) is 4. The van der Waals surface area contributed by atoms with Crippen molar-refractivity contribution in [3.63, 3.8) is 0 Å². The lowest BCUT2D eigenvalue weighted by molar-refractivity contribution is -0.119. The third-order valence-corrected chi connectivity index (χ3v) is 6.80. The second-order valence-electron chi connectivity index (χ2n) is 7.77.